The number of rotatable bonds is 0. The summed E-state index contributed by atoms with van der Waals surface area (Å²) in [7, 11) is 0. The number of hydrogen-bond donors (Lipinski definition) is 1. The molecule has 1 aliphatic heterocycles. The first-order chi connectivity index (χ1) is 7.71. The van der Waals surface area contributed by atoms with Crippen molar-refractivity contribution in [3.05, 3.63) is 33.8 Å². The van der Waals surface area contributed by atoms with E-state index < -0.39 is 0 Å². The van der Waals surface area contributed by atoms with Crippen molar-refractivity contribution in [1.82, 2.24) is 5.32 Å². The molecule has 1 N–H and O–H groups in total. The van der Waals surface area contributed by atoms with Gasteiger partial charge in [-0.2, -0.15) is 0 Å². The van der Waals surface area contributed by atoms with Crippen LogP contribution in [0.15, 0.2) is 22.7 Å². The number of benzene rings is 1. The Labute approximate surface area is 104 Å². The predicted molar refractivity (Wildman–Crippen MR) is 66.9 cm³/mol. The molecule has 1 saturated carbocycles. The van der Waals surface area contributed by atoms with Crippen LogP contribution < -0.4 is 5.32 Å². The van der Waals surface area contributed by atoms with Gasteiger partial charge in [0.15, 0.2) is 5.78 Å². The van der Waals surface area contributed by atoms with Crippen LogP contribution in [0.25, 0.3) is 0 Å². The van der Waals surface area contributed by atoms with Crippen molar-refractivity contribution in [3.8, 4) is 0 Å². The molecule has 84 valence electrons. The Morgan fingerprint density at radius 1 is 1.31 bits per heavy atom. The molecule has 3 rings (SSSR count). The quantitative estimate of drug-likeness (QED) is 0.791. The Hall–Kier alpha value is -0.670. The summed E-state index contributed by atoms with van der Waals surface area (Å²) in [4.78, 5) is 12.0. The number of Topliss-reactive ketones (excluding diaryl/α,β-unsaturated/α-hetero) is 1. The molecule has 0 saturated heterocycles. The smallest absolute Gasteiger partial charge is 0.176 e. The third-order valence-corrected chi connectivity index (χ3v) is 4.41. The Morgan fingerprint density at radius 3 is 2.81 bits per heavy atom. The minimum atomic E-state index is 0.222. The monoisotopic (exact) mass is 279 g/mol. The van der Waals surface area contributed by atoms with Gasteiger partial charge >= 0.3 is 0 Å². The lowest BCUT2D eigenvalue weighted by atomic mass is 9.63. The van der Waals surface area contributed by atoms with Crippen LogP contribution in [0.5, 0.6) is 0 Å². The first-order valence-electron chi connectivity index (χ1n) is 5.75. The lowest BCUT2D eigenvalue weighted by Gasteiger charge is -2.42. The van der Waals surface area contributed by atoms with Gasteiger partial charge in [0.2, 0.25) is 0 Å². The third-order valence-electron chi connectivity index (χ3n) is 3.91. The van der Waals surface area contributed by atoms with Crippen LogP contribution in [0, 0.1) is 0 Å². The van der Waals surface area contributed by atoms with Crippen LogP contribution in [-0.4, -0.2) is 18.9 Å². The van der Waals surface area contributed by atoms with E-state index in [9.17, 15) is 4.79 Å². The summed E-state index contributed by atoms with van der Waals surface area (Å²) in [6.07, 6.45) is 3.70. The van der Waals surface area contributed by atoms with E-state index in [-0.39, 0.29) is 11.2 Å². The maximum absolute atomic E-state index is 12.0. The lowest BCUT2D eigenvalue weighted by Crippen LogP contribution is -2.42. The average molecular weight is 280 g/mol. The van der Waals surface area contributed by atoms with Crippen molar-refractivity contribution in [2.45, 2.75) is 24.7 Å². The molecule has 0 atom stereocenters. The van der Waals surface area contributed by atoms with E-state index in [1.165, 1.54) is 24.8 Å². The molecule has 0 radical (unpaired) electrons. The van der Waals surface area contributed by atoms with Gasteiger partial charge in [-0.05, 0) is 30.5 Å². The number of fused-ring (bicyclic) bond motifs is 2. The minimum absolute atomic E-state index is 0.222. The molecule has 1 aromatic rings. The highest BCUT2D eigenvalue weighted by Crippen LogP contribution is 2.45. The molecule has 1 spiro atoms. The molecule has 1 fully saturated rings. The van der Waals surface area contributed by atoms with Gasteiger partial charge in [-0.15, -0.1) is 0 Å². The summed E-state index contributed by atoms with van der Waals surface area (Å²) in [5, 5.41) is 3.29. The second-order valence-electron chi connectivity index (χ2n) is 4.85. The number of carbonyl (C=O) groups is 1. The summed E-state index contributed by atoms with van der Waals surface area (Å²) < 4.78 is 0.996. The third kappa shape index (κ3) is 1.45. The fourth-order valence-electron chi connectivity index (χ4n) is 2.87. The Balaban J connectivity index is 2.16. The molecule has 0 amide bonds. The van der Waals surface area contributed by atoms with Gasteiger partial charge < -0.3 is 5.32 Å². The van der Waals surface area contributed by atoms with E-state index in [0.717, 1.165) is 16.6 Å². The molecule has 16 heavy (non-hydrogen) atoms. The van der Waals surface area contributed by atoms with Gasteiger partial charge in [0.05, 0.1) is 6.54 Å². The molecule has 3 heteroatoms. The zero-order valence-corrected chi connectivity index (χ0v) is 10.6. The molecule has 1 aromatic carbocycles. The predicted octanol–water partition coefficient (Wildman–Crippen LogP) is 2.66. The van der Waals surface area contributed by atoms with Crippen molar-refractivity contribution in [2.75, 3.05) is 13.1 Å². The first kappa shape index (κ1) is 10.5. The van der Waals surface area contributed by atoms with Gasteiger partial charge in [-0.3, -0.25) is 4.79 Å². The van der Waals surface area contributed by atoms with Crippen LogP contribution in [0.4, 0.5) is 0 Å². The van der Waals surface area contributed by atoms with E-state index in [2.05, 4.69) is 33.4 Å². The topological polar surface area (TPSA) is 29.1 Å². The summed E-state index contributed by atoms with van der Waals surface area (Å²) >= 11 is 3.45. The first-order valence-corrected chi connectivity index (χ1v) is 6.55. The highest BCUT2D eigenvalue weighted by atomic mass is 79.9. The van der Waals surface area contributed by atoms with Gasteiger partial charge in [0, 0.05) is 22.0 Å². The summed E-state index contributed by atoms with van der Waals surface area (Å²) in [5.74, 6) is 0.222. The van der Waals surface area contributed by atoms with Crippen molar-refractivity contribution < 1.29 is 4.79 Å². The molecule has 2 aliphatic rings. The number of hydrogen-bond acceptors (Lipinski definition) is 2. The second kappa shape index (κ2) is 3.67. The molecule has 0 bridgehead atoms. The number of ketones is 1. The Morgan fingerprint density at radius 2 is 2.12 bits per heavy atom. The maximum Gasteiger partial charge on any atom is 0.176 e. The van der Waals surface area contributed by atoms with E-state index in [1.807, 2.05) is 6.07 Å². The van der Waals surface area contributed by atoms with Crippen molar-refractivity contribution in [1.29, 1.82) is 0 Å². The van der Waals surface area contributed by atoms with Crippen molar-refractivity contribution in [3.63, 3.8) is 0 Å². The summed E-state index contributed by atoms with van der Waals surface area (Å²) in [5.41, 5.74) is 2.42. The normalized spacial score (nSPS) is 22.4. The minimum Gasteiger partial charge on any atom is -0.309 e. The zero-order valence-electron chi connectivity index (χ0n) is 9.05. The van der Waals surface area contributed by atoms with Crippen molar-refractivity contribution >= 4 is 21.7 Å². The molecule has 1 aliphatic carbocycles. The molecule has 0 unspecified atom stereocenters. The zero-order chi connectivity index (χ0) is 11.2. The van der Waals surface area contributed by atoms with Gasteiger partial charge in [-0.1, -0.05) is 28.4 Å². The maximum atomic E-state index is 12.0. The van der Waals surface area contributed by atoms with E-state index in [4.69, 9.17) is 0 Å². The highest BCUT2D eigenvalue weighted by molar-refractivity contribution is 9.10. The standard InChI is InChI=1S/C13H14BrNO/c14-9-2-3-11-10(6-9)12(16)7-15-8-13(11)4-1-5-13/h2-3,6,15H,1,4-5,7-8H2. The van der Waals surface area contributed by atoms with Gasteiger partial charge in [0.1, 0.15) is 0 Å². The molecule has 2 nitrogen and oxygen atoms in total. The number of carbonyl (C=O) groups excluding carboxylic acids is 1. The van der Waals surface area contributed by atoms with E-state index in [0.29, 0.717) is 6.54 Å². The Kier molecular flexibility index (Phi) is 2.41. The van der Waals surface area contributed by atoms with E-state index >= 15 is 0 Å². The fourth-order valence-corrected chi connectivity index (χ4v) is 3.23. The SMILES string of the molecule is O=C1CNCC2(CCC2)c2ccc(Br)cc21. The Bertz CT molecular complexity index is 451. The van der Waals surface area contributed by atoms with Crippen molar-refractivity contribution in [2.24, 2.45) is 0 Å². The second-order valence-corrected chi connectivity index (χ2v) is 5.77. The van der Waals surface area contributed by atoms with Crippen LogP contribution in [0.3, 0.4) is 0 Å². The molecular weight excluding hydrogens is 266 g/mol. The molecule has 1 heterocycles. The lowest BCUT2D eigenvalue weighted by molar-refractivity contribution is 0.0993. The molecule has 0 aromatic heterocycles. The average Bonchev–Trinajstić information content (AvgIpc) is 2.35. The van der Waals surface area contributed by atoms with Gasteiger partial charge in [-0.25, -0.2) is 0 Å². The van der Waals surface area contributed by atoms with E-state index in [1.54, 1.807) is 0 Å². The number of nitrogens with one attached hydrogen (secondary N) is 1. The van der Waals surface area contributed by atoms with Crippen LogP contribution in [0.2, 0.25) is 0 Å². The van der Waals surface area contributed by atoms with Crippen LogP contribution in [-0.2, 0) is 5.41 Å². The summed E-state index contributed by atoms with van der Waals surface area (Å²) in [6.45, 7) is 1.43. The highest BCUT2D eigenvalue weighted by Gasteiger charge is 2.42. The molecular formula is C13H14BrNO. The van der Waals surface area contributed by atoms with Crippen LogP contribution in [0.1, 0.15) is 35.2 Å². The van der Waals surface area contributed by atoms with Crippen LogP contribution >= 0.6 is 15.9 Å². The largest absolute Gasteiger partial charge is 0.309 e. The fraction of sp³-hybridized carbons (Fsp3) is 0.462. The summed E-state index contributed by atoms with van der Waals surface area (Å²) in [6, 6.07) is 6.16. The number of halogens is 1. The van der Waals surface area contributed by atoms with Gasteiger partial charge in [0.25, 0.3) is 0 Å².